The van der Waals surface area contributed by atoms with E-state index in [0.717, 1.165) is 6.54 Å². The van der Waals surface area contributed by atoms with Gasteiger partial charge in [-0.15, -0.1) is 0 Å². The summed E-state index contributed by atoms with van der Waals surface area (Å²) in [7, 11) is 0. The number of aromatic nitrogens is 1. The summed E-state index contributed by atoms with van der Waals surface area (Å²) >= 11 is 0. The molecule has 1 unspecified atom stereocenters. The van der Waals surface area contributed by atoms with Crippen LogP contribution in [0.1, 0.15) is 37.6 Å². The molecule has 0 spiro atoms. The monoisotopic (exact) mass is 314 g/mol. The van der Waals surface area contributed by atoms with Crippen molar-refractivity contribution < 1.29 is 19.6 Å². The SMILES string of the molecule is CC(C)(C)C(CC(=O)c1cc(O)cc(O)c1)C[n+]1ccccc1. The quantitative estimate of drug-likeness (QED) is 0.657. The number of pyridine rings is 1. The molecule has 2 N–H and O–H groups in total. The fraction of sp³-hybridized carbons (Fsp3) is 0.368. The second-order valence-electron chi connectivity index (χ2n) is 7.00. The van der Waals surface area contributed by atoms with Gasteiger partial charge in [0.05, 0.1) is 0 Å². The van der Waals surface area contributed by atoms with Gasteiger partial charge in [0.25, 0.3) is 0 Å². The van der Waals surface area contributed by atoms with Gasteiger partial charge < -0.3 is 10.2 Å². The van der Waals surface area contributed by atoms with Gasteiger partial charge in [-0.25, -0.2) is 4.57 Å². The van der Waals surface area contributed by atoms with Crippen LogP contribution in [0.2, 0.25) is 0 Å². The van der Waals surface area contributed by atoms with Gasteiger partial charge in [0.2, 0.25) is 0 Å². The lowest BCUT2D eigenvalue weighted by Crippen LogP contribution is -2.41. The van der Waals surface area contributed by atoms with Crippen molar-refractivity contribution in [3.05, 3.63) is 54.4 Å². The van der Waals surface area contributed by atoms with E-state index in [2.05, 4.69) is 25.3 Å². The van der Waals surface area contributed by atoms with Crippen molar-refractivity contribution in [3.8, 4) is 11.5 Å². The van der Waals surface area contributed by atoms with Crippen LogP contribution >= 0.6 is 0 Å². The number of phenols is 2. The maximum atomic E-state index is 12.6. The van der Waals surface area contributed by atoms with Crippen molar-refractivity contribution in [2.75, 3.05) is 0 Å². The van der Waals surface area contributed by atoms with Crippen LogP contribution in [0.4, 0.5) is 0 Å². The Morgan fingerprint density at radius 1 is 1.04 bits per heavy atom. The molecule has 1 atom stereocenters. The number of nitrogens with zero attached hydrogens (tertiary/aromatic N) is 1. The number of benzene rings is 1. The van der Waals surface area contributed by atoms with Crippen LogP contribution < -0.4 is 4.57 Å². The van der Waals surface area contributed by atoms with E-state index in [1.807, 2.05) is 30.6 Å². The average molecular weight is 314 g/mol. The van der Waals surface area contributed by atoms with Gasteiger partial charge in [0, 0.05) is 36.1 Å². The summed E-state index contributed by atoms with van der Waals surface area (Å²) in [6, 6.07) is 9.92. The average Bonchev–Trinajstić information content (AvgIpc) is 2.45. The Labute approximate surface area is 137 Å². The predicted octanol–water partition coefficient (Wildman–Crippen LogP) is 3.32. The van der Waals surface area contributed by atoms with E-state index in [1.165, 1.54) is 18.2 Å². The number of carbonyl (C=O) groups excluding carboxylic acids is 1. The second kappa shape index (κ2) is 6.82. The Bertz CT molecular complexity index is 655. The van der Waals surface area contributed by atoms with Crippen molar-refractivity contribution in [1.82, 2.24) is 0 Å². The molecule has 0 aliphatic rings. The highest BCUT2D eigenvalue weighted by molar-refractivity contribution is 5.97. The van der Waals surface area contributed by atoms with E-state index in [9.17, 15) is 15.0 Å². The fourth-order valence-electron chi connectivity index (χ4n) is 2.55. The molecule has 0 aliphatic carbocycles. The molecular formula is C19H24NO3+. The molecule has 0 saturated carbocycles. The van der Waals surface area contributed by atoms with Crippen molar-refractivity contribution >= 4 is 5.78 Å². The van der Waals surface area contributed by atoms with E-state index >= 15 is 0 Å². The summed E-state index contributed by atoms with van der Waals surface area (Å²) in [5, 5.41) is 19.1. The lowest BCUT2D eigenvalue weighted by atomic mass is 9.77. The Kier molecular flexibility index (Phi) is 5.04. The van der Waals surface area contributed by atoms with E-state index < -0.39 is 0 Å². The zero-order chi connectivity index (χ0) is 17.0. The molecule has 4 heteroatoms. The molecule has 0 bridgehead atoms. The third-order valence-corrected chi connectivity index (χ3v) is 4.09. The highest BCUT2D eigenvalue weighted by Gasteiger charge is 2.30. The second-order valence-corrected chi connectivity index (χ2v) is 7.00. The van der Waals surface area contributed by atoms with E-state index in [4.69, 9.17) is 0 Å². The van der Waals surface area contributed by atoms with Crippen LogP contribution in [0.3, 0.4) is 0 Å². The minimum absolute atomic E-state index is 0.0443. The molecule has 0 aliphatic heterocycles. The number of Topliss-reactive ketones (excluding diaryl/α,β-unsaturated/α-hetero) is 1. The first-order valence-corrected chi connectivity index (χ1v) is 7.76. The predicted molar refractivity (Wildman–Crippen MR) is 88.3 cm³/mol. The van der Waals surface area contributed by atoms with Crippen molar-refractivity contribution in [1.29, 1.82) is 0 Å². The molecular weight excluding hydrogens is 290 g/mol. The summed E-state index contributed by atoms with van der Waals surface area (Å²) in [5.74, 6) is -0.143. The minimum Gasteiger partial charge on any atom is -0.508 e. The molecule has 23 heavy (non-hydrogen) atoms. The number of rotatable bonds is 5. The Balaban J connectivity index is 2.19. The molecule has 1 aromatic heterocycles. The van der Waals surface area contributed by atoms with Crippen molar-refractivity contribution in [2.24, 2.45) is 11.3 Å². The smallest absolute Gasteiger partial charge is 0.168 e. The van der Waals surface area contributed by atoms with Crippen molar-refractivity contribution in [2.45, 2.75) is 33.7 Å². The number of aromatic hydroxyl groups is 2. The summed E-state index contributed by atoms with van der Waals surface area (Å²) in [5.41, 5.74) is 0.298. The molecule has 0 saturated heterocycles. The number of phenolic OH excluding ortho intramolecular Hbond substituents is 2. The molecule has 2 rings (SSSR count). The maximum absolute atomic E-state index is 12.6. The zero-order valence-electron chi connectivity index (χ0n) is 13.9. The number of carbonyl (C=O) groups is 1. The molecule has 1 aromatic carbocycles. The molecule has 2 aromatic rings. The molecule has 122 valence electrons. The summed E-state index contributed by atoms with van der Waals surface area (Å²) in [6.45, 7) is 7.10. The highest BCUT2D eigenvalue weighted by Crippen LogP contribution is 2.31. The van der Waals surface area contributed by atoms with Crippen LogP contribution in [0.15, 0.2) is 48.8 Å². The molecule has 0 amide bonds. The molecule has 4 nitrogen and oxygen atoms in total. The Hall–Kier alpha value is -2.36. The number of hydrogen-bond acceptors (Lipinski definition) is 3. The zero-order valence-corrected chi connectivity index (χ0v) is 13.9. The van der Waals surface area contributed by atoms with Crippen molar-refractivity contribution in [3.63, 3.8) is 0 Å². The fourth-order valence-corrected chi connectivity index (χ4v) is 2.55. The van der Waals surface area contributed by atoms with Gasteiger partial charge >= 0.3 is 0 Å². The Morgan fingerprint density at radius 3 is 2.13 bits per heavy atom. The lowest BCUT2D eigenvalue weighted by Gasteiger charge is -2.27. The van der Waals surface area contributed by atoms with Gasteiger partial charge in [0.1, 0.15) is 11.5 Å². The van der Waals surface area contributed by atoms with Gasteiger partial charge in [-0.2, -0.15) is 0 Å². The first kappa shape index (κ1) is 17.0. The van der Waals surface area contributed by atoms with Gasteiger partial charge in [0.15, 0.2) is 24.7 Å². The number of ketones is 1. The van der Waals surface area contributed by atoms with Crippen LogP contribution in [-0.2, 0) is 6.54 Å². The standard InChI is InChI=1S/C19H23NO3/c1-19(2,3)15(13-20-7-5-4-6-8-20)11-18(23)14-9-16(21)12-17(22)10-14/h4-10,12,15H,11,13H2,1-3H3,(H-,21,22)/p+1. The van der Waals surface area contributed by atoms with Gasteiger partial charge in [-0.3, -0.25) is 4.79 Å². The summed E-state index contributed by atoms with van der Waals surface area (Å²) < 4.78 is 2.07. The largest absolute Gasteiger partial charge is 0.508 e. The maximum Gasteiger partial charge on any atom is 0.168 e. The van der Waals surface area contributed by atoms with Crippen LogP contribution in [0, 0.1) is 11.3 Å². The van der Waals surface area contributed by atoms with Gasteiger partial charge in [-0.05, 0) is 17.5 Å². The molecule has 0 fully saturated rings. The third-order valence-electron chi connectivity index (χ3n) is 4.09. The molecule has 0 radical (unpaired) electrons. The van der Waals surface area contributed by atoms with E-state index in [0.29, 0.717) is 12.0 Å². The third kappa shape index (κ3) is 4.81. The van der Waals surface area contributed by atoms with Crippen LogP contribution in [0.5, 0.6) is 11.5 Å². The minimum atomic E-state index is -0.0990. The molecule has 1 heterocycles. The highest BCUT2D eigenvalue weighted by atomic mass is 16.3. The van der Waals surface area contributed by atoms with Gasteiger partial charge in [-0.1, -0.05) is 26.8 Å². The number of hydrogen-bond donors (Lipinski definition) is 2. The van der Waals surface area contributed by atoms with Crippen LogP contribution in [-0.4, -0.2) is 16.0 Å². The Morgan fingerprint density at radius 2 is 1.61 bits per heavy atom. The lowest BCUT2D eigenvalue weighted by molar-refractivity contribution is -0.705. The normalized spacial score (nSPS) is 12.8. The summed E-state index contributed by atoms with van der Waals surface area (Å²) in [4.78, 5) is 12.6. The first-order chi connectivity index (χ1) is 10.8. The van der Waals surface area contributed by atoms with E-state index in [-0.39, 0.29) is 28.6 Å². The van der Waals surface area contributed by atoms with Crippen LogP contribution in [0.25, 0.3) is 0 Å². The topological polar surface area (TPSA) is 61.4 Å². The summed E-state index contributed by atoms with van der Waals surface area (Å²) in [6.07, 6.45) is 4.33. The first-order valence-electron chi connectivity index (χ1n) is 7.76. The van der Waals surface area contributed by atoms with E-state index in [1.54, 1.807) is 0 Å².